The van der Waals surface area contributed by atoms with Crippen LogP contribution in [0.4, 0.5) is 11.4 Å². The number of nitrogens with zero attached hydrogens (tertiary/aromatic N) is 2. The molecule has 5 nitrogen and oxygen atoms in total. The normalized spacial score (nSPS) is 15.3. The van der Waals surface area contributed by atoms with Crippen molar-refractivity contribution in [2.24, 2.45) is 5.92 Å². The molecule has 1 fully saturated rings. The number of nitro benzene ring substituents is 1. The Morgan fingerprint density at radius 3 is 2.42 bits per heavy atom. The zero-order valence-electron chi connectivity index (χ0n) is 13.0. The molecule has 0 unspecified atom stereocenters. The molecule has 0 aliphatic carbocycles. The fourth-order valence-corrected chi connectivity index (χ4v) is 3.48. The lowest BCUT2D eigenvalue weighted by Gasteiger charge is -2.32. The summed E-state index contributed by atoms with van der Waals surface area (Å²) >= 11 is 3.28. The highest BCUT2D eigenvalue weighted by atomic mass is 79.9. The maximum Gasteiger partial charge on any atom is 0.293 e. The molecule has 1 heterocycles. The van der Waals surface area contributed by atoms with Crippen LogP contribution in [0, 0.1) is 16.0 Å². The van der Waals surface area contributed by atoms with E-state index in [0.717, 1.165) is 5.56 Å². The molecule has 124 valence electrons. The maximum atomic E-state index is 12.5. The summed E-state index contributed by atoms with van der Waals surface area (Å²) in [7, 11) is 0. The van der Waals surface area contributed by atoms with Gasteiger partial charge >= 0.3 is 0 Å². The van der Waals surface area contributed by atoms with Crippen LogP contribution < -0.4 is 4.90 Å². The van der Waals surface area contributed by atoms with E-state index in [1.54, 1.807) is 6.07 Å². The third-order valence-corrected chi connectivity index (χ3v) is 4.89. The first-order valence-electron chi connectivity index (χ1n) is 7.84. The lowest BCUT2D eigenvalue weighted by molar-refractivity contribution is -0.384. The summed E-state index contributed by atoms with van der Waals surface area (Å²) in [6.07, 6.45) is 1.42. The minimum atomic E-state index is -0.360. The second kappa shape index (κ2) is 7.13. The molecule has 2 aromatic rings. The van der Waals surface area contributed by atoms with Crippen molar-refractivity contribution in [3.63, 3.8) is 0 Å². The van der Waals surface area contributed by atoms with Crippen molar-refractivity contribution in [3.05, 3.63) is 68.7 Å². The number of Topliss-reactive ketones (excluding diaryl/α,β-unsaturated/α-hetero) is 1. The van der Waals surface area contributed by atoms with Gasteiger partial charge in [-0.25, -0.2) is 0 Å². The summed E-state index contributed by atoms with van der Waals surface area (Å²) in [4.78, 5) is 25.4. The standard InChI is InChI=1S/C18H17BrN2O3/c19-15-6-7-16(17(12-15)21(23)24)20-10-8-14(9-11-20)18(22)13-4-2-1-3-5-13/h1-7,12,14H,8-11H2. The Bertz CT molecular complexity index is 756. The number of piperidine rings is 1. The molecule has 2 aromatic carbocycles. The van der Waals surface area contributed by atoms with Crippen LogP contribution in [0.3, 0.4) is 0 Å². The zero-order valence-corrected chi connectivity index (χ0v) is 14.6. The smallest absolute Gasteiger partial charge is 0.293 e. The van der Waals surface area contributed by atoms with E-state index in [2.05, 4.69) is 15.9 Å². The van der Waals surface area contributed by atoms with Crippen LogP contribution in [-0.4, -0.2) is 23.8 Å². The number of nitro groups is 1. The van der Waals surface area contributed by atoms with Gasteiger partial charge < -0.3 is 4.90 Å². The highest BCUT2D eigenvalue weighted by Crippen LogP contribution is 2.34. The van der Waals surface area contributed by atoms with Crippen LogP contribution in [0.2, 0.25) is 0 Å². The largest absolute Gasteiger partial charge is 0.366 e. The first kappa shape index (κ1) is 16.6. The van der Waals surface area contributed by atoms with Crippen LogP contribution in [0.1, 0.15) is 23.2 Å². The van der Waals surface area contributed by atoms with Crippen molar-refractivity contribution in [3.8, 4) is 0 Å². The number of carbonyl (C=O) groups is 1. The van der Waals surface area contributed by atoms with Gasteiger partial charge in [-0.2, -0.15) is 0 Å². The monoisotopic (exact) mass is 388 g/mol. The van der Waals surface area contributed by atoms with E-state index in [0.29, 0.717) is 36.1 Å². The molecule has 6 heteroatoms. The molecule has 0 amide bonds. The summed E-state index contributed by atoms with van der Waals surface area (Å²) in [5, 5.41) is 11.3. The van der Waals surface area contributed by atoms with Crippen molar-refractivity contribution >= 4 is 33.1 Å². The molecule has 0 atom stereocenters. The highest BCUT2D eigenvalue weighted by Gasteiger charge is 2.28. The van der Waals surface area contributed by atoms with Crippen molar-refractivity contribution in [1.29, 1.82) is 0 Å². The van der Waals surface area contributed by atoms with Crippen LogP contribution in [0.15, 0.2) is 53.0 Å². The van der Waals surface area contributed by atoms with Crippen molar-refractivity contribution in [1.82, 2.24) is 0 Å². The first-order valence-corrected chi connectivity index (χ1v) is 8.63. The van der Waals surface area contributed by atoms with Gasteiger partial charge in [0.25, 0.3) is 5.69 Å². The van der Waals surface area contributed by atoms with Gasteiger partial charge in [0.1, 0.15) is 5.69 Å². The number of halogens is 1. The fraction of sp³-hybridized carbons (Fsp3) is 0.278. The molecule has 1 aliphatic rings. The van der Waals surface area contributed by atoms with Crippen LogP contribution in [0.5, 0.6) is 0 Å². The second-order valence-corrected chi connectivity index (χ2v) is 6.80. The van der Waals surface area contributed by atoms with E-state index in [-0.39, 0.29) is 22.3 Å². The number of hydrogen-bond acceptors (Lipinski definition) is 4. The SMILES string of the molecule is O=C(c1ccccc1)C1CCN(c2ccc(Br)cc2[N+](=O)[O-])CC1. The first-order chi connectivity index (χ1) is 11.6. The number of rotatable bonds is 4. The predicted octanol–water partition coefficient (Wildman–Crippen LogP) is 4.46. The number of anilines is 1. The minimum Gasteiger partial charge on any atom is -0.366 e. The number of carbonyl (C=O) groups excluding carboxylic acids is 1. The van der Waals surface area contributed by atoms with Crippen molar-refractivity contribution < 1.29 is 9.72 Å². The third kappa shape index (κ3) is 3.48. The quantitative estimate of drug-likeness (QED) is 0.440. The fourth-order valence-electron chi connectivity index (χ4n) is 3.13. The molecular weight excluding hydrogens is 372 g/mol. The Morgan fingerprint density at radius 1 is 1.12 bits per heavy atom. The second-order valence-electron chi connectivity index (χ2n) is 5.88. The molecule has 1 aliphatic heterocycles. The van der Waals surface area contributed by atoms with E-state index in [9.17, 15) is 14.9 Å². The third-order valence-electron chi connectivity index (χ3n) is 4.40. The van der Waals surface area contributed by atoms with Crippen LogP contribution in [0.25, 0.3) is 0 Å². The molecule has 0 N–H and O–H groups in total. The molecular formula is C18H17BrN2O3. The van der Waals surface area contributed by atoms with Crippen LogP contribution >= 0.6 is 15.9 Å². The summed E-state index contributed by atoms with van der Waals surface area (Å²) < 4.78 is 0.687. The van der Waals surface area contributed by atoms with E-state index in [4.69, 9.17) is 0 Å². The summed E-state index contributed by atoms with van der Waals surface area (Å²) in [5.74, 6) is 0.152. The average molecular weight is 389 g/mol. The van der Waals surface area contributed by atoms with E-state index in [1.807, 2.05) is 41.3 Å². The van der Waals surface area contributed by atoms with Gasteiger partial charge in [0.15, 0.2) is 5.78 Å². The summed E-state index contributed by atoms with van der Waals surface area (Å²) in [5.41, 5.74) is 1.46. The molecule has 0 bridgehead atoms. The van der Waals surface area contributed by atoms with Crippen molar-refractivity contribution in [2.75, 3.05) is 18.0 Å². The molecule has 24 heavy (non-hydrogen) atoms. The van der Waals surface area contributed by atoms with Gasteiger partial charge in [-0.3, -0.25) is 14.9 Å². The van der Waals surface area contributed by atoms with Crippen molar-refractivity contribution in [2.45, 2.75) is 12.8 Å². The molecule has 3 rings (SSSR count). The number of benzene rings is 2. The average Bonchev–Trinajstić information content (AvgIpc) is 2.62. The van der Waals surface area contributed by atoms with E-state index in [1.165, 1.54) is 6.07 Å². The number of ketones is 1. The molecule has 0 saturated carbocycles. The lowest BCUT2D eigenvalue weighted by atomic mass is 9.88. The Kier molecular flexibility index (Phi) is 4.94. The van der Waals surface area contributed by atoms with Gasteiger partial charge in [-0.05, 0) is 25.0 Å². The van der Waals surface area contributed by atoms with Gasteiger partial charge in [-0.15, -0.1) is 0 Å². The Labute approximate surface area is 148 Å². The number of hydrogen-bond donors (Lipinski definition) is 0. The predicted molar refractivity (Wildman–Crippen MR) is 96.5 cm³/mol. The van der Waals surface area contributed by atoms with Gasteiger partial charge in [0.2, 0.25) is 0 Å². The van der Waals surface area contributed by atoms with E-state index >= 15 is 0 Å². The maximum absolute atomic E-state index is 12.5. The minimum absolute atomic E-state index is 0.0156. The molecule has 1 saturated heterocycles. The Morgan fingerprint density at radius 2 is 1.79 bits per heavy atom. The lowest BCUT2D eigenvalue weighted by Crippen LogP contribution is -2.36. The molecule has 0 radical (unpaired) electrons. The molecule has 0 aromatic heterocycles. The van der Waals surface area contributed by atoms with Gasteiger partial charge in [0.05, 0.1) is 4.92 Å². The highest BCUT2D eigenvalue weighted by molar-refractivity contribution is 9.10. The topological polar surface area (TPSA) is 63.5 Å². The summed E-state index contributed by atoms with van der Waals surface area (Å²) in [6, 6.07) is 14.4. The zero-order chi connectivity index (χ0) is 17.1. The summed E-state index contributed by atoms with van der Waals surface area (Å²) in [6.45, 7) is 1.29. The Balaban J connectivity index is 1.72. The van der Waals surface area contributed by atoms with Crippen LogP contribution in [-0.2, 0) is 0 Å². The van der Waals surface area contributed by atoms with Gasteiger partial charge in [0, 0.05) is 35.1 Å². The van der Waals surface area contributed by atoms with E-state index < -0.39 is 0 Å². The molecule has 0 spiro atoms. The Hall–Kier alpha value is -2.21. The van der Waals surface area contributed by atoms with Gasteiger partial charge in [-0.1, -0.05) is 46.3 Å².